The maximum Gasteiger partial charge on any atom is 0.329 e. The monoisotopic (exact) mass is 299 g/mol. The molecule has 0 radical (unpaired) electrons. The van der Waals surface area contributed by atoms with Gasteiger partial charge >= 0.3 is 5.97 Å². The van der Waals surface area contributed by atoms with Crippen LogP contribution < -0.4 is 9.64 Å². The van der Waals surface area contributed by atoms with Crippen LogP contribution in [0, 0.1) is 17.0 Å². The largest absolute Gasteiger partial charge is 0.491 e. The van der Waals surface area contributed by atoms with Crippen LogP contribution in [-0.4, -0.2) is 30.3 Å². The van der Waals surface area contributed by atoms with E-state index in [-0.39, 0.29) is 16.9 Å². The topological polar surface area (TPSA) is 49.8 Å². The Kier molecular flexibility index (Phi) is 3.59. The van der Waals surface area contributed by atoms with Gasteiger partial charge < -0.3 is 14.7 Å². The molecule has 1 N–H and O–H groups in total. The number of methoxy groups -OCH3 is 1. The second kappa shape index (κ2) is 4.86. The van der Waals surface area contributed by atoms with Gasteiger partial charge in [-0.25, -0.2) is 9.18 Å². The summed E-state index contributed by atoms with van der Waals surface area (Å²) in [6.07, 6.45) is 0.400. The Morgan fingerprint density at radius 2 is 1.95 bits per heavy atom. The number of carboxylic acid groups (broad SMARTS) is 1. The van der Waals surface area contributed by atoms with Crippen LogP contribution in [0.3, 0.4) is 0 Å². The number of ether oxygens (including phenoxy) is 1. The Morgan fingerprint density at radius 1 is 1.33 bits per heavy atom. The molecule has 1 aromatic rings. The number of nitrogens with zero attached hydrogens (tertiary/aromatic N) is 1. The molecule has 6 heteroatoms. The van der Waals surface area contributed by atoms with E-state index in [9.17, 15) is 18.7 Å². The fourth-order valence-electron chi connectivity index (χ4n) is 3.16. The molecule has 0 saturated carbocycles. The molecule has 0 amide bonds. The van der Waals surface area contributed by atoms with Crippen LogP contribution in [0.5, 0.6) is 5.75 Å². The molecule has 1 aromatic carbocycles. The predicted molar refractivity (Wildman–Crippen MR) is 74.7 cm³/mol. The van der Waals surface area contributed by atoms with E-state index >= 15 is 0 Å². The van der Waals surface area contributed by atoms with Crippen LogP contribution in [0.1, 0.15) is 27.2 Å². The highest BCUT2D eigenvalue weighted by molar-refractivity contribution is 5.85. The highest BCUT2D eigenvalue weighted by Gasteiger charge is 2.52. The summed E-state index contributed by atoms with van der Waals surface area (Å²) in [7, 11) is 1.24. The standard InChI is InChI=1S/C15H19F2NO3/c1-14(2)7-15(3,13(19)20)18(8-14)10-6-5-9(16)11(17)12(10)21-4/h5-6H,7-8H2,1-4H3,(H,19,20). The van der Waals surface area contributed by atoms with Gasteiger partial charge in [0, 0.05) is 6.54 Å². The molecular weight excluding hydrogens is 280 g/mol. The van der Waals surface area contributed by atoms with Crippen molar-refractivity contribution in [3.8, 4) is 5.75 Å². The number of anilines is 1. The maximum atomic E-state index is 13.9. The second-order valence-corrected chi connectivity index (χ2v) is 6.42. The number of benzene rings is 1. The SMILES string of the molecule is COc1c(N2CC(C)(C)CC2(C)C(=O)O)ccc(F)c1F. The lowest BCUT2D eigenvalue weighted by molar-refractivity contribution is -0.142. The number of aliphatic carboxylic acids is 1. The molecular formula is C15H19F2NO3. The van der Waals surface area contributed by atoms with E-state index in [1.807, 2.05) is 13.8 Å². The average molecular weight is 299 g/mol. The molecule has 1 unspecified atom stereocenters. The van der Waals surface area contributed by atoms with Gasteiger partial charge in [-0.3, -0.25) is 0 Å². The number of carboxylic acids is 1. The Balaban J connectivity index is 2.60. The molecule has 1 atom stereocenters. The third-order valence-corrected chi connectivity index (χ3v) is 3.99. The van der Waals surface area contributed by atoms with E-state index in [0.717, 1.165) is 6.07 Å². The molecule has 1 saturated heterocycles. The minimum absolute atomic E-state index is 0.256. The van der Waals surface area contributed by atoms with Crippen molar-refractivity contribution in [2.24, 2.45) is 5.41 Å². The van der Waals surface area contributed by atoms with Gasteiger partial charge in [0.25, 0.3) is 0 Å². The Bertz CT molecular complexity index is 589. The summed E-state index contributed by atoms with van der Waals surface area (Å²) in [5.41, 5.74) is -1.20. The molecule has 2 rings (SSSR count). The molecule has 1 fully saturated rings. The third kappa shape index (κ3) is 2.43. The van der Waals surface area contributed by atoms with Crippen LogP contribution in [0.2, 0.25) is 0 Å². The normalized spacial score (nSPS) is 24.2. The molecule has 4 nitrogen and oxygen atoms in total. The van der Waals surface area contributed by atoms with Crippen molar-refractivity contribution in [2.75, 3.05) is 18.6 Å². The van der Waals surface area contributed by atoms with Crippen molar-refractivity contribution in [3.05, 3.63) is 23.8 Å². The Hall–Kier alpha value is -1.85. The lowest BCUT2D eigenvalue weighted by atomic mass is 9.85. The molecule has 0 spiro atoms. The number of carbonyl (C=O) groups is 1. The van der Waals surface area contributed by atoms with E-state index in [2.05, 4.69) is 0 Å². The van der Waals surface area contributed by atoms with Crippen LogP contribution in [0.15, 0.2) is 12.1 Å². The van der Waals surface area contributed by atoms with Crippen molar-refractivity contribution in [1.29, 1.82) is 0 Å². The molecule has 0 aromatic heterocycles. The molecule has 116 valence electrons. The first-order chi connectivity index (χ1) is 9.62. The highest BCUT2D eigenvalue weighted by Crippen LogP contribution is 2.47. The van der Waals surface area contributed by atoms with Gasteiger partial charge in [0.1, 0.15) is 5.54 Å². The summed E-state index contributed by atoms with van der Waals surface area (Å²) < 4.78 is 32.2. The van der Waals surface area contributed by atoms with Gasteiger partial charge in [-0.2, -0.15) is 4.39 Å². The van der Waals surface area contributed by atoms with Gasteiger partial charge in [0.2, 0.25) is 5.82 Å². The maximum absolute atomic E-state index is 13.9. The van der Waals surface area contributed by atoms with E-state index in [1.165, 1.54) is 13.2 Å². The number of hydrogen-bond acceptors (Lipinski definition) is 3. The number of rotatable bonds is 3. The van der Waals surface area contributed by atoms with Crippen molar-refractivity contribution in [2.45, 2.75) is 32.7 Å². The van der Waals surface area contributed by atoms with Gasteiger partial charge in [0.15, 0.2) is 11.6 Å². The minimum atomic E-state index is -1.19. The molecule has 1 heterocycles. The van der Waals surface area contributed by atoms with E-state index in [4.69, 9.17) is 4.74 Å². The second-order valence-electron chi connectivity index (χ2n) is 6.42. The van der Waals surface area contributed by atoms with Crippen molar-refractivity contribution < 1.29 is 23.4 Å². The quantitative estimate of drug-likeness (QED) is 0.932. The smallest absolute Gasteiger partial charge is 0.329 e. The summed E-state index contributed by atoms with van der Waals surface area (Å²) in [6, 6.07) is 2.35. The van der Waals surface area contributed by atoms with Gasteiger partial charge in [-0.05, 0) is 30.9 Å². The first-order valence-electron chi connectivity index (χ1n) is 6.65. The Morgan fingerprint density at radius 3 is 2.48 bits per heavy atom. The first-order valence-corrected chi connectivity index (χ1v) is 6.65. The Labute approximate surface area is 122 Å². The average Bonchev–Trinajstić information content (AvgIpc) is 2.63. The summed E-state index contributed by atoms with van der Waals surface area (Å²) in [4.78, 5) is 13.3. The molecule has 1 aliphatic rings. The highest BCUT2D eigenvalue weighted by atomic mass is 19.2. The zero-order valence-electron chi connectivity index (χ0n) is 12.5. The van der Waals surface area contributed by atoms with Gasteiger partial charge in [-0.1, -0.05) is 13.8 Å². The zero-order chi connectivity index (χ0) is 16.0. The van der Waals surface area contributed by atoms with Crippen molar-refractivity contribution in [1.82, 2.24) is 0 Å². The van der Waals surface area contributed by atoms with Gasteiger partial charge in [-0.15, -0.1) is 0 Å². The summed E-state index contributed by atoms with van der Waals surface area (Å²) in [5, 5.41) is 9.57. The summed E-state index contributed by atoms with van der Waals surface area (Å²) >= 11 is 0. The summed E-state index contributed by atoms with van der Waals surface area (Å²) in [6.45, 7) is 5.89. The van der Waals surface area contributed by atoms with Crippen molar-refractivity contribution >= 4 is 11.7 Å². The number of halogens is 2. The zero-order valence-corrected chi connectivity index (χ0v) is 12.5. The molecule has 21 heavy (non-hydrogen) atoms. The molecule has 0 aliphatic carbocycles. The molecule has 1 aliphatic heterocycles. The molecule has 0 bridgehead atoms. The first kappa shape index (κ1) is 15.5. The minimum Gasteiger partial charge on any atom is -0.491 e. The van der Waals surface area contributed by atoms with Crippen LogP contribution >= 0.6 is 0 Å². The van der Waals surface area contributed by atoms with Gasteiger partial charge in [0.05, 0.1) is 12.8 Å². The van der Waals surface area contributed by atoms with E-state index in [1.54, 1.807) is 11.8 Å². The van der Waals surface area contributed by atoms with E-state index < -0.39 is 23.1 Å². The predicted octanol–water partition coefficient (Wildman–Crippen LogP) is 3.05. The lowest BCUT2D eigenvalue weighted by Gasteiger charge is -2.34. The van der Waals surface area contributed by atoms with Crippen LogP contribution in [-0.2, 0) is 4.79 Å². The van der Waals surface area contributed by atoms with Crippen molar-refractivity contribution in [3.63, 3.8) is 0 Å². The van der Waals surface area contributed by atoms with E-state index in [0.29, 0.717) is 13.0 Å². The fourth-order valence-corrected chi connectivity index (χ4v) is 3.16. The van der Waals surface area contributed by atoms with Crippen LogP contribution in [0.4, 0.5) is 14.5 Å². The summed E-state index contributed by atoms with van der Waals surface area (Å²) in [5.74, 6) is -3.39. The van der Waals surface area contributed by atoms with Crippen LogP contribution in [0.25, 0.3) is 0 Å². The fraction of sp³-hybridized carbons (Fsp3) is 0.533. The number of hydrogen-bond donors (Lipinski definition) is 1. The lowest BCUT2D eigenvalue weighted by Crippen LogP contribution is -2.48. The third-order valence-electron chi connectivity index (χ3n) is 3.99.